The van der Waals surface area contributed by atoms with E-state index in [-0.39, 0.29) is 11.8 Å². The highest BCUT2D eigenvalue weighted by molar-refractivity contribution is 7.18. The molecule has 0 saturated carbocycles. The molecule has 1 atom stereocenters. The molecule has 0 aliphatic carbocycles. The first-order valence-electron chi connectivity index (χ1n) is 10.6. The summed E-state index contributed by atoms with van der Waals surface area (Å²) in [7, 11) is 0. The molecule has 8 heteroatoms. The van der Waals surface area contributed by atoms with Crippen LogP contribution in [0.3, 0.4) is 0 Å². The summed E-state index contributed by atoms with van der Waals surface area (Å²) in [5, 5.41) is 3.96. The number of amides is 2. The Kier molecular flexibility index (Phi) is 6.64. The minimum atomic E-state index is -0.536. The molecule has 2 aliphatic heterocycles. The van der Waals surface area contributed by atoms with E-state index in [1.807, 2.05) is 29.3 Å². The molecule has 2 fully saturated rings. The third kappa shape index (κ3) is 4.65. The number of nitrogens with zero attached hydrogens (tertiary/aromatic N) is 3. The summed E-state index contributed by atoms with van der Waals surface area (Å²) in [6, 6.07) is 5.28. The second kappa shape index (κ2) is 9.57. The predicted molar refractivity (Wildman–Crippen MR) is 118 cm³/mol. The van der Waals surface area contributed by atoms with Crippen molar-refractivity contribution < 1.29 is 14.3 Å². The highest BCUT2D eigenvalue weighted by Gasteiger charge is 2.26. The number of morpholine rings is 1. The maximum Gasteiger partial charge on any atom is 0.262 e. The molecule has 2 aromatic heterocycles. The summed E-state index contributed by atoms with van der Waals surface area (Å²) in [6.07, 6.45) is 6.80. The van der Waals surface area contributed by atoms with Gasteiger partial charge in [0.25, 0.3) is 5.91 Å². The SMILES string of the molecule is CC(NC(=O)c1cc(-c2cccnc2)c(N2CCOCC2)s1)C(=O)N1CCCCC1. The van der Waals surface area contributed by atoms with Crippen molar-refractivity contribution in [3.05, 3.63) is 35.5 Å². The number of anilines is 1. The lowest BCUT2D eigenvalue weighted by Gasteiger charge is -2.29. The Bertz CT molecular complexity index is 874. The van der Waals surface area contributed by atoms with Crippen molar-refractivity contribution in [2.24, 2.45) is 0 Å². The lowest BCUT2D eigenvalue weighted by atomic mass is 10.1. The molecule has 0 aromatic carbocycles. The molecule has 4 heterocycles. The highest BCUT2D eigenvalue weighted by Crippen LogP contribution is 2.39. The van der Waals surface area contributed by atoms with E-state index in [1.165, 1.54) is 17.8 Å². The van der Waals surface area contributed by atoms with Gasteiger partial charge in [-0.2, -0.15) is 0 Å². The number of thiophene rings is 1. The second-order valence-electron chi connectivity index (χ2n) is 7.75. The van der Waals surface area contributed by atoms with Crippen LogP contribution in [0, 0.1) is 0 Å². The minimum absolute atomic E-state index is 0.000455. The van der Waals surface area contributed by atoms with Crippen molar-refractivity contribution >= 4 is 28.2 Å². The van der Waals surface area contributed by atoms with Crippen LogP contribution in [-0.4, -0.2) is 67.1 Å². The van der Waals surface area contributed by atoms with E-state index in [0.717, 1.165) is 55.1 Å². The normalized spacial score (nSPS) is 18.2. The Morgan fingerprint density at radius 3 is 2.63 bits per heavy atom. The fourth-order valence-electron chi connectivity index (χ4n) is 3.94. The third-order valence-electron chi connectivity index (χ3n) is 5.59. The van der Waals surface area contributed by atoms with E-state index in [1.54, 1.807) is 13.1 Å². The van der Waals surface area contributed by atoms with Gasteiger partial charge in [-0.15, -0.1) is 11.3 Å². The number of hydrogen-bond donors (Lipinski definition) is 1. The molecular formula is C22H28N4O3S. The minimum Gasteiger partial charge on any atom is -0.378 e. The Balaban J connectivity index is 1.53. The number of piperidine rings is 1. The van der Waals surface area contributed by atoms with E-state index < -0.39 is 6.04 Å². The zero-order chi connectivity index (χ0) is 20.9. The largest absolute Gasteiger partial charge is 0.378 e. The van der Waals surface area contributed by atoms with Gasteiger partial charge in [-0.1, -0.05) is 6.07 Å². The predicted octanol–water partition coefficient (Wildman–Crippen LogP) is 2.78. The molecular weight excluding hydrogens is 400 g/mol. The molecule has 1 unspecified atom stereocenters. The van der Waals surface area contributed by atoms with E-state index in [9.17, 15) is 9.59 Å². The summed E-state index contributed by atoms with van der Waals surface area (Å²) in [6.45, 7) is 6.26. The zero-order valence-corrected chi connectivity index (χ0v) is 18.1. The molecule has 2 aromatic rings. The number of aromatic nitrogens is 1. The first kappa shape index (κ1) is 20.8. The smallest absolute Gasteiger partial charge is 0.262 e. The molecule has 7 nitrogen and oxygen atoms in total. The Labute approximate surface area is 181 Å². The van der Waals surface area contributed by atoms with Crippen LogP contribution >= 0.6 is 11.3 Å². The van der Waals surface area contributed by atoms with Gasteiger partial charge < -0.3 is 19.9 Å². The molecule has 2 saturated heterocycles. The standard InChI is InChI=1S/C22H28N4O3S/c1-16(21(28)25-8-3-2-4-9-25)24-20(27)19-14-18(17-6-5-7-23-15-17)22(30-19)26-10-12-29-13-11-26/h5-7,14-16H,2-4,8-13H2,1H3,(H,24,27). The third-order valence-corrected chi connectivity index (χ3v) is 6.79. The quantitative estimate of drug-likeness (QED) is 0.793. The molecule has 0 bridgehead atoms. The van der Waals surface area contributed by atoms with Crippen molar-refractivity contribution in [1.82, 2.24) is 15.2 Å². The van der Waals surface area contributed by atoms with Gasteiger partial charge in [0.15, 0.2) is 0 Å². The lowest BCUT2D eigenvalue weighted by Crippen LogP contribution is -2.48. The molecule has 1 N–H and O–H groups in total. The van der Waals surface area contributed by atoms with Crippen molar-refractivity contribution in [3.63, 3.8) is 0 Å². The Hall–Kier alpha value is -2.45. The fourth-order valence-corrected chi connectivity index (χ4v) is 5.08. The average Bonchev–Trinajstić information content (AvgIpc) is 3.26. The van der Waals surface area contributed by atoms with Crippen LogP contribution in [0.15, 0.2) is 30.6 Å². The molecule has 0 radical (unpaired) electrons. The zero-order valence-electron chi connectivity index (χ0n) is 17.3. The monoisotopic (exact) mass is 428 g/mol. The molecule has 160 valence electrons. The molecule has 4 rings (SSSR count). The first-order chi connectivity index (χ1) is 14.6. The van der Waals surface area contributed by atoms with Crippen LogP contribution in [0.4, 0.5) is 5.00 Å². The number of carbonyl (C=O) groups is 2. The molecule has 2 aliphatic rings. The average molecular weight is 429 g/mol. The van der Waals surface area contributed by atoms with E-state index in [4.69, 9.17) is 4.74 Å². The molecule has 2 amide bonds. The van der Waals surface area contributed by atoms with Gasteiger partial charge in [0.05, 0.1) is 23.1 Å². The van der Waals surface area contributed by atoms with Crippen LogP contribution in [-0.2, 0) is 9.53 Å². The summed E-state index contributed by atoms with van der Waals surface area (Å²) in [5.41, 5.74) is 1.97. The van der Waals surface area contributed by atoms with E-state index in [2.05, 4.69) is 15.2 Å². The number of carbonyl (C=O) groups excluding carboxylic acids is 2. The van der Waals surface area contributed by atoms with Gasteiger partial charge in [0, 0.05) is 49.7 Å². The summed E-state index contributed by atoms with van der Waals surface area (Å²) in [5.74, 6) is -0.206. The number of rotatable bonds is 5. The number of nitrogens with one attached hydrogen (secondary N) is 1. The molecule has 30 heavy (non-hydrogen) atoms. The number of likely N-dealkylation sites (tertiary alicyclic amines) is 1. The van der Waals surface area contributed by atoms with Gasteiger partial charge in [-0.3, -0.25) is 14.6 Å². The van der Waals surface area contributed by atoms with E-state index >= 15 is 0 Å². The van der Waals surface area contributed by atoms with Crippen molar-refractivity contribution in [2.45, 2.75) is 32.2 Å². The summed E-state index contributed by atoms with van der Waals surface area (Å²) in [4.78, 5) is 34.6. The molecule has 0 spiro atoms. The van der Waals surface area contributed by atoms with Crippen LogP contribution in [0.2, 0.25) is 0 Å². The first-order valence-corrected chi connectivity index (χ1v) is 11.4. The van der Waals surface area contributed by atoms with E-state index in [0.29, 0.717) is 18.1 Å². The lowest BCUT2D eigenvalue weighted by molar-refractivity contribution is -0.133. The topological polar surface area (TPSA) is 74.8 Å². The van der Waals surface area contributed by atoms with Gasteiger partial charge in [-0.25, -0.2) is 0 Å². The van der Waals surface area contributed by atoms with Crippen molar-refractivity contribution in [1.29, 1.82) is 0 Å². The Morgan fingerprint density at radius 2 is 1.93 bits per heavy atom. The van der Waals surface area contributed by atoms with Crippen LogP contribution in [0.1, 0.15) is 35.9 Å². The van der Waals surface area contributed by atoms with Crippen LogP contribution in [0.25, 0.3) is 11.1 Å². The summed E-state index contributed by atoms with van der Waals surface area (Å²) < 4.78 is 5.49. The number of ether oxygens (including phenoxy) is 1. The number of hydrogen-bond acceptors (Lipinski definition) is 6. The van der Waals surface area contributed by atoms with Gasteiger partial charge >= 0.3 is 0 Å². The number of pyridine rings is 1. The maximum absolute atomic E-state index is 13.0. The highest BCUT2D eigenvalue weighted by atomic mass is 32.1. The summed E-state index contributed by atoms with van der Waals surface area (Å²) >= 11 is 1.46. The van der Waals surface area contributed by atoms with Crippen LogP contribution < -0.4 is 10.2 Å². The van der Waals surface area contributed by atoms with Gasteiger partial charge in [0.2, 0.25) is 5.91 Å². The second-order valence-corrected chi connectivity index (χ2v) is 8.78. The fraction of sp³-hybridized carbons (Fsp3) is 0.500. The van der Waals surface area contributed by atoms with Crippen LogP contribution in [0.5, 0.6) is 0 Å². The van der Waals surface area contributed by atoms with Gasteiger partial charge in [0.1, 0.15) is 6.04 Å². The van der Waals surface area contributed by atoms with Crippen molar-refractivity contribution in [2.75, 3.05) is 44.3 Å². The van der Waals surface area contributed by atoms with Gasteiger partial charge in [-0.05, 0) is 38.3 Å². The Morgan fingerprint density at radius 1 is 1.17 bits per heavy atom. The maximum atomic E-state index is 13.0. The van der Waals surface area contributed by atoms with Crippen molar-refractivity contribution in [3.8, 4) is 11.1 Å².